The average molecular weight is 475 g/mol. The van der Waals surface area contributed by atoms with Crippen molar-refractivity contribution in [3.63, 3.8) is 0 Å². The van der Waals surface area contributed by atoms with Crippen LogP contribution in [-0.4, -0.2) is 44.5 Å². The van der Waals surface area contributed by atoms with E-state index >= 15 is 0 Å². The van der Waals surface area contributed by atoms with Crippen LogP contribution in [0.4, 0.5) is 5.69 Å². The molecule has 0 aliphatic rings. The Balaban J connectivity index is 0.000000214. The van der Waals surface area contributed by atoms with Crippen molar-refractivity contribution in [2.75, 3.05) is 5.32 Å². The van der Waals surface area contributed by atoms with E-state index in [1.165, 1.54) is 30.5 Å². The number of phenols is 1. The number of amides is 1. The van der Waals surface area contributed by atoms with Crippen LogP contribution < -0.4 is 9.67 Å². The van der Waals surface area contributed by atoms with Crippen LogP contribution in [0.25, 0.3) is 10.8 Å². The number of rotatable bonds is 5. The zero-order chi connectivity index (χ0) is 22.3. The predicted octanol–water partition coefficient (Wildman–Crippen LogP) is 1.77. The number of aromatic hydroxyl groups is 1. The monoisotopic (exact) mass is 475 g/mol. The molecular weight excluding hydrogens is 453 g/mol. The molecule has 9 heteroatoms. The standard InChI is InChI=1S/C13H12O2.C8H10AsNO5/c14-13(15)9-8-11-6-3-5-10-4-1-2-7-12(10)11;1-5(11)10-8-6(9(13,14)15)3-2-4-7(8)12/h1-7H,8-9H2,(H,14,15);2-4,12H,1H3,(H,10,11)(H2,13,14,15). The number of carboxylic acid groups (broad SMARTS) is 1. The van der Waals surface area contributed by atoms with Crippen LogP contribution in [0.1, 0.15) is 18.9 Å². The molecule has 3 rings (SSSR count). The first-order chi connectivity index (χ1) is 14.1. The maximum Gasteiger partial charge on any atom is 0.303 e. The van der Waals surface area contributed by atoms with Crippen molar-refractivity contribution in [2.24, 2.45) is 0 Å². The second kappa shape index (κ2) is 10.1. The summed E-state index contributed by atoms with van der Waals surface area (Å²) in [7, 11) is 0. The maximum atomic E-state index is 11.1. The number of aryl methyl sites for hydroxylation is 1. The van der Waals surface area contributed by atoms with Gasteiger partial charge >= 0.3 is 94.1 Å². The fourth-order valence-corrected chi connectivity index (χ4v) is 4.38. The minimum Gasteiger partial charge on any atom is -0.481 e. The molecule has 0 aromatic heterocycles. The number of carbonyl (C=O) groups is 2. The number of hydrogen-bond donors (Lipinski definition) is 5. The summed E-state index contributed by atoms with van der Waals surface area (Å²) in [4.78, 5) is 21.3. The minimum atomic E-state index is -5.14. The molecule has 30 heavy (non-hydrogen) atoms. The van der Waals surface area contributed by atoms with E-state index in [9.17, 15) is 18.4 Å². The molecule has 1 amide bonds. The van der Waals surface area contributed by atoms with Gasteiger partial charge in [0.15, 0.2) is 0 Å². The number of para-hydroxylation sites is 1. The Morgan fingerprint density at radius 1 is 0.967 bits per heavy atom. The van der Waals surface area contributed by atoms with E-state index in [1.54, 1.807) is 0 Å². The summed E-state index contributed by atoms with van der Waals surface area (Å²) in [5.41, 5.74) is 0.882. The number of carbonyl (C=O) groups excluding carboxylic acids is 1. The van der Waals surface area contributed by atoms with Gasteiger partial charge in [-0.25, -0.2) is 0 Å². The normalized spacial score (nSPS) is 10.8. The molecule has 5 N–H and O–H groups in total. The Labute approximate surface area is 175 Å². The first-order valence-electron chi connectivity index (χ1n) is 8.93. The molecule has 3 aromatic carbocycles. The van der Waals surface area contributed by atoms with E-state index in [0.29, 0.717) is 6.42 Å². The number of phenolic OH excluding ortho intramolecular Hbond substituents is 1. The summed E-state index contributed by atoms with van der Waals surface area (Å²) in [5.74, 6) is -1.63. The van der Waals surface area contributed by atoms with Crippen LogP contribution in [0.3, 0.4) is 0 Å². The molecule has 0 aliphatic heterocycles. The number of fused-ring (bicyclic) bond motifs is 1. The van der Waals surface area contributed by atoms with Gasteiger partial charge in [0.2, 0.25) is 0 Å². The van der Waals surface area contributed by atoms with Gasteiger partial charge in [-0.3, -0.25) is 4.79 Å². The Bertz CT molecular complexity index is 1100. The number of carboxylic acids is 1. The van der Waals surface area contributed by atoms with E-state index in [-0.39, 0.29) is 22.2 Å². The number of nitrogens with one attached hydrogen (secondary N) is 1. The van der Waals surface area contributed by atoms with Gasteiger partial charge in [-0.05, 0) is 22.8 Å². The van der Waals surface area contributed by atoms with Crippen LogP contribution in [0, 0.1) is 0 Å². The molecular formula is C21H22AsNO7. The number of anilines is 1. The van der Waals surface area contributed by atoms with E-state index in [0.717, 1.165) is 10.9 Å². The molecule has 0 bridgehead atoms. The molecule has 0 saturated heterocycles. The molecule has 3 aromatic rings. The van der Waals surface area contributed by atoms with Crippen LogP contribution in [0.15, 0.2) is 60.7 Å². The molecule has 0 saturated carbocycles. The number of benzene rings is 3. The molecule has 158 valence electrons. The van der Waals surface area contributed by atoms with E-state index < -0.39 is 26.0 Å². The van der Waals surface area contributed by atoms with E-state index in [2.05, 4.69) is 5.32 Å². The summed E-state index contributed by atoms with van der Waals surface area (Å²) in [6.45, 7) is 1.18. The third-order valence-corrected chi connectivity index (χ3v) is 6.22. The van der Waals surface area contributed by atoms with Gasteiger partial charge in [0.25, 0.3) is 0 Å². The Morgan fingerprint density at radius 2 is 1.60 bits per heavy atom. The quantitative estimate of drug-likeness (QED) is 0.279. The zero-order valence-electron chi connectivity index (χ0n) is 16.1. The molecule has 0 unspecified atom stereocenters. The van der Waals surface area contributed by atoms with Crippen LogP contribution in [0.5, 0.6) is 5.75 Å². The van der Waals surface area contributed by atoms with Crippen LogP contribution in [0.2, 0.25) is 0 Å². The third-order valence-electron chi connectivity index (χ3n) is 4.12. The average Bonchev–Trinajstić information content (AvgIpc) is 2.67. The molecule has 0 radical (unpaired) electrons. The second-order valence-electron chi connectivity index (χ2n) is 6.43. The smallest absolute Gasteiger partial charge is 0.303 e. The first-order valence-corrected chi connectivity index (χ1v) is 12.3. The molecule has 0 aliphatic carbocycles. The van der Waals surface area contributed by atoms with Gasteiger partial charge in [0, 0.05) is 6.42 Å². The van der Waals surface area contributed by atoms with Crippen molar-refractivity contribution < 1.29 is 31.7 Å². The summed E-state index contributed by atoms with van der Waals surface area (Å²) in [6, 6.07) is 17.8. The Hall–Kier alpha value is -3.06. The summed E-state index contributed by atoms with van der Waals surface area (Å²) in [6.07, 6.45) is 0.782. The van der Waals surface area contributed by atoms with Crippen molar-refractivity contribution in [3.05, 3.63) is 66.2 Å². The number of aliphatic carboxylic acids is 1. The SMILES string of the molecule is CC(=O)Nc1c(O)cccc1[As](=O)(O)O.O=C(O)CCc1cccc2ccccc12. The Morgan fingerprint density at radius 3 is 2.23 bits per heavy atom. The second-order valence-corrected chi connectivity index (χ2v) is 9.72. The fourth-order valence-electron chi connectivity index (χ4n) is 2.83. The molecule has 0 spiro atoms. The molecule has 0 atom stereocenters. The van der Waals surface area contributed by atoms with Gasteiger partial charge in [-0.2, -0.15) is 0 Å². The molecule has 8 nitrogen and oxygen atoms in total. The fraction of sp³-hybridized carbons (Fsp3) is 0.143. The van der Waals surface area contributed by atoms with Crippen molar-refractivity contribution in [2.45, 2.75) is 19.8 Å². The van der Waals surface area contributed by atoms with Crippen molar-refractivity contribution in [1.29, 1.82) is 0 Å². The Kier molecular flexibility index (Phi) is 7.83. The predicted molar refractivity (Wildman–Crippen MR) is 113 cm³/mol. The minimum absolute atomic E-state index is 0.188. The largest absolute Gasteiger partial charge is 0.481 e. The van der Waals surface area contributed by atoms with Crippen LogP contribution in [-0.2, 0) is 19.7 Å². The van der Waals surface area contributed by atoms with Gasteiger partial charge in [0.05, 0.1) is 0 Å². The van der Waals surface area contributed by atoms with Crippen LogP contribution >= 0.6 is 0 Å². The van der Waals surface area contributed by atoms with Gasteiger partial charge in [-0.15, -0.1) is 0 Å². The third kappa shape index (κ3) is 6.49. The molecule has 0 fully saturated rings. The summed E-state index contributed by atoms with van der Waals surface area (Å²) in [5, 5.41) is 22.5. The van der Waals surface area contributed by atoms with E-state index in [4.69, 9.17) is 13.3 Å². The van der Waals surface area contributed by atoms with E-state index in [1.807, 2.05) is 42.5 Å². The first kappa shape index (κ1) is 23.2. The maximum absolute atomic E-state index is 11.1. The van der Waals surface area contributed by atoms with Gasteiger partial charge in [-0.1, -0.05) is 42.5 Å². The summed E-state index contributed by atoms with van der Waals surface area (Å²) >= 11 is -5.14. The number of hydrogen-bond acceptors (Lipinski definition) is 4. The zero-order valence-corrected chi connectivity index (χ0v) is 18.0. The van der Waals surface area contributed by atoms with Crippen molar-refractivity contribution >= 4 is 46.9 Å². The topological polar surface area (TPSA) is 144 Å². The van der Waals surface area contributed by atoms with Crippen molar-refractivity contribution in [3.8, 4) is 5.75 Å². The summed E-state index contributed by atoms with van der Waals surface area (Å²) < 4.78 is 28.8. The molecule has 0 heterocycles. The van der Waals surface area contributed by atoms with Crippen molar-refractivity contribution in [1.82, 2.24) is 0 Å². The van der Waals surface area contributed by atoms with Gasteiger partial charge < -0.3 is 5.11 Å². The van der Waals surface area contributed by atoms with Gasteiger partial charge in [0.1, 0.15) is 0 Å².